The molecule has 2 atom stereocenters. The molecule has 1 fully saturated rings. The van der Waals surface area contributed by atoms with Crippen LogP contribution in [-0.2, 0) is 0 Å². The lowest BCUT2D eigenvalue weighted by atomic mass is 9.83. The number of hydrogen-bond acceptors (Lipinski definition) is 0. The molecule has 1 saturated carbocycles. The van der Waals surface area contributed by atoms with E-state index in [2.05, 4.69) is 13.8 Å². The Labute approximate surface area is 75.3 Å². The minimum Gasteiger partial charge on any atom is -0.119 e. The van der Waals surface area contributed by atoms with E-state index in [-0.39, 0.29) is 4.87 Å². The molecule has 0 heterocycles. The van der Waals surface area contributed by atoms with Crippen LogP contribution >= 0.6 is 11.6 Å². The maximum absolute atomic E-state index is 6.40. The van der Waals surface area contributed by atoms with Crippen molar-refractivity contribution in [3.05, 3.63) is 0 Å². The first-order valence-electron chi connectivity index (χ1n) is 4.82. The minimum atomic E-state index is 0.0838. The van der Waals surface area contributed by atoms with Crippen molar-refractivity contribution in [2.24, 2.45) is 5.92 Å². The van der Waals surface area contributed by atoms with E-state index in [1.807, 2.05) is 0 Å². The highest BCUT2D eigenvalue weighted by Gasteiger charge is 2.28. The van der Waals surface area contributed by atoms with Gasteiger partial charge in [-0.1, -0.05) is 32.6 Å². The van der Waals surface area contributed by atoms with E-state index in [1.165, 1.54) is 38.5 Å². The van der Waals surface area contributed by atoms with Gasteiger partial charge in [-0.05, 0) is 25.7 Å². The first-order valence-corrected chi connectivity index (χ1v) is 5.19. The first-order chi connectivity index (χ1) is 5.13. The molecule has 0 aromatic carbocycles. The number of rotatable bonds is 0. The van der Waals surface area contributed by atoms with Gasteiger partial charge in [-0.2, -0.15) is 0 Å². The van der Waals surface area contributed by atoms with Gasteiger partial charge in [0.25, 0.3) is 0 Å². The fourth-order valence-corrected chi connectivity index (χ4v) is 2.06. The summed E-state index contributed by atoms with van der Waals surface area (Å²) in [5.41, 5.74) is 0. The summed E-state index contributed by atoms with van der Waals surface area (Å²) >= 11 is 6.40. The quantitative estimate of drug-likeness (QED) is 0.488. The lowest BCUT2D eigenvalue weighted by Gasteiger charge is -2.31. The highest BCUT2D eigenvalue weighted by molar-refractivity contribution is 6.23. The summed E-state index contributed by atoms with van der Waals surface area (Å²) in [4.78, 5) is 0.0838. The van der Waals surface area contributed by atoms with Crippen molar-refractivity contribution in [1.29, 1.82) is 0 Å². The van der Waals surface area contributed by atoms with Crippen LogP contribution in [0.25, 0.3) is 0 Å². The monoisotopic (exact) mass is 174 g/mol. The highest BCUT2D eigenvalue weighted by atomic mass is 35.5. The van der Waals surface area contributed by atoms with Crippen LogP contribution in [0.2, 0.25) is 0 Å². The van der Waals surface area contributed by atoms with Crippen molar-refractivity contribution in [1.82, 2.24) is 0 Å². The lowest BCUT2D eigenvalue weighted by molar-refractivity contribution is 0.328. The van der Waals surface area contributed by atoms with Crippen LogP contribution in [0.1, 0.15) is 52.4 Å². The van der Waals surface area contributed by atoms with Crippen LogP contribution in [0, 0.1) is 5.92 Å². The summed E-state index contributed by atoms with van der Waals surface area (Å²) in [5, 5.41) is 0. The molecule has 11 heavy (non-hydrogen) atoms. The molecule has 1 aliphatic carbocycles. The van der Waals surface area contributed by atoms with Gasteiger partial charge in [0, 0.05) is 4.87 Å². The van der Waals surface area contributed by atoms with Gasteiger partial charge in [-0.25, -0.2) is 0 Å². The van der Waals surface area contributed by atoms with Crippen molar-refractivity contribution in [3.63, 3.8) is 0 Å². The molecule has 1 rings (SSSR count). The molecule has 0 aliphatic heterocycles. The van der Waals surface area contributed by atoms with Crippen LogP contribution in [0.15, 0.2) is 0 Å². The Morgan fingerprint density at radius 2 is 1.82 bits per heavy atom. The molecule has 0 spiro atoms. The summed E-state index contributed by atoms with van der Waals surface area (Å²) in [5.74, 6) is 0.699. The van der Waals surface area contributed by atoms with Crippen LogP contribution in [-0.4, -0.2) is 4.87 Å². The Morgan fingerprint density at radius 3 is 2.55 bits per heavy atom. The Morgan fingerprint density at radius 1 is 1.18 bits per heavy atom. The largest absolute Gasteiger partial charge is 0.119 e. The molecule has 0 amide bonds. The maximum atomic E-state index is 6.40. The molecular weight excluding hydrogens is 156 g/mol. The number of halogens is 1. The number of alkyl halides is 1. The predicted molar refractivity (Wildman–Crippen MR) is 51.1 cm³/mol. The lowest BCUT2D eigenvalue weighted by Crippen LogP contribution is -2.27. The highest BCUT2D eigenvalue weighted by Crippen LogP contribution is 2.36. The Bertz CT molecular complexity index is 118. The van der Waals surface area contributed by atoms with E-state index in [0.717, 1.165) is 0 Å². The van der Waals surface area contributed by atoms with E-state index in [4.69, 9.17) is 11.6 Å². The van der Waals surface area contributed by atoms with Crippen molar-refractivity contribution in [2.45, 2.75) is 57.2 Å². The van der Waals surface area contributed by atoms with Gasteiger partial charge in [-0.15, -0.1) is 11.6 Å². The van der Waals surface area contributed by atoms with Crippen molar-refractivity contribution < 1.29 is 0 Å². The van der Waals surface area contributed by atoms with E-state index in [9.17, 15) is 0 Å². The second kappa shape index (κ2) is 3.80. The first kappa shape index (κ1) is 9.38. The molecule has 0 aromatic rings. The molecule has 0 bridgehead atoms. The molecule has 0 saturated heterocycles. The van der Waals surface area contributed by atoms with Gasteiger partial charge in [0.05, 0.1) is 0 Å². The fraction of sp³-hybridized carbons (Fsp3) is 1.00. The van der Waals surface area contributed by atoms with E-state index in [0.29, 0.717) is 5.92 Å². The van der Waals surface area contributed by atoms with Crippen LogP contribution in [0.3, 0.4) is 0 Å². The molecular formula is C10H19Cl. The molecule has 2 unspecified atom stereocenters. The Hall–Kier alpha value is 0.290. The zero-order valence-corrected chi connectivity index (χ0v) is 8.45. The maximum Gasteiger partial charge on any atom is 0.0444 e. The predicted octanol–water partition coefficient (Wildman–Crippen LogP) is 3.97. The van der Waals surface area contributed by atoms with Crippen molar-refractivity contribution in [3.8, 4) is 0 Å². The normalized spacial score (nSPS) is 41.2. The van der Waals surface area contributed by atoms with Gasteiger partial charge in [0.2, 0.25) is 0 Å². The van der Waals surface area contributed by atoms with Gasteiger partial charge in [-0.3, -0.25) is 0 Å². The van der Waals surface area contributed by atoms with Gasteiger partial charge >= 0.3 is 0 Å². The van der Waals surface area contributed by atoms with Crippen molar-refractivity contribution in [2.75, 3.05) is 0 Å². The molecule has 0 N–H and O–H groups in total. The summed E-state index contributed by atoms with van der Waals surface area (Å²) in [6.45, 7) is 4.49. The van der Waals surface area contributed by atoms with Crippen LogP contribution in [0.4, 0.5) is 0 Å². The molecule has 1 aliphatic rings. The molecule has 0 nitrogen and oxygen atoms in total. The summed E-state index contributed by atoms with van der Waals surface area (Å²) in [6, 6.07) is 0. The fourth-order valence-electron chi connectivity index (χ4n) is 1.82. The Balaban J connectivity index is 2.47. The van der Waals surface area contributed by atoms with Gasteiger partial charge < -0.3 is 0 Å². The smallest absolute Gasteiger partial charge is 0.0444 e. The van der Waals surface area contributed by atoms with E-state index < -0.39 is 0 Å². The summed E-state index contributed by atoms with van der Waals surface area (Å²) in [6.07, 6.45) is 8.02. The average Bonchev–Trinajstić information content (AvgIpc) is 1.93. The summed E-state index contributed by atoms with van der Waals surface area (Å²) in [7, 11) is 0. The second-order valence-corrected chi connectivity index (χ2v) is 5.00. The minimum absolute atomic E-state index is 0.0838. The SMILES string of the molecule is CC1CCCCCCC1(C)Cl. The van der Waals surface area contributed by atoms with Gasteiger partial charge in [0.1, 0.15) is 0 Å². The average molecular weight is 175 g/mol. The third-order valence-corrected chi connectivity index (χ3v) is 3.64. The molecule has 1 heteroatoms. The topological polar surface area (TPSA) is 0 Å². The zero-order chi connectivity index (χ0) is 8.32. The molecule has 0 radical (unpaired) electrons. The molecule has 0 aromatic heterocycles. The Kier molecular flexibility index (Phi) is 3.24. The second-order valence-electron chi connectivity index (χ2n) is 4.13. The van der Waals surface area contributed by atoms with E-state index in [1.54, 1.807) is 0 Å². The van der Waals surface area contributed by atoms with Crippen molar-refractivity contribution >= 4 is 11.6 Å². The third-order valence-electron chi connectivity index (χ3n) is 3.08. The zero-order valence-electron chi connectivity index (χ0n) is 7.70. The number of hydrogen-bond donors (Lipinski definition) is 0. The van der Waals surface area contributed by atoms with E-state index >= 15 is 0 Å². The van der Waals surface area contributed by atoms with Crippen LogP contribution in [0.5, 0.6) is 0 Å². The molecule has 66 valence electrons. The third kappa shape index (κ3) is 2.66. The summed E-state index contributed by atoms with van der Waals surface area (Å²) < 4.78 is 0. The van der Waals surface area contributed by atoms with Gasteiger partial charge in [0.15, 0.2) is 0 Å². The van der Waals surface area contributed by atoms with Crippen LogP contribution < -0.4 is 0 Å². The standard InChI is InChI=1S/C10H19Cl/c1-9-7-5-3-4-6-8-10(9,2)11/h9H,3-8H2,1-2H3.